The minimum absolute atomic E-state index is 0.154. The Hall–Kier alpha value is -1.29. The molecule has 0 aromatic heterocycles. The van der Waals surface area contributed by atoms with Crippen LogP contribution in [0.1, 0.15) is 10.4 Å². The summed E-state index contributed by atoms with van der Waals surface area (Å²) in [4.78, 5) is 11.8. The van der Waals surface area contributed by atoms with E-state index in [2.05, 4.69) is 4.74 Å². The zero-order chi connectivity index (χ0) is 19.8. The summed E-state index contributed by atoms with van der Waals surface area (Å²) < 4.78 is 112. The number of rotatable bonds is 4. The molecule has 25 heavy (non-hydrogen) atoms. The highest BCUT2D eigenvalue weighted by Crippen LogP contribution is 2.47. The van der Waals surface area contributed by atoms with Crippen LogP contribution in [0.5, 0.6) is 5.75 Å². The smallest absolute Gasteiger partial charge is 0.438 e. The SMILES string of the molecule is O=C(OC(CS(=O)(=O)O)(C(F)(F)F)C(F)(F)F)c1cc(I)ccc1O. The number of carbonyl (C=O) groups excluding carboxylic acids is 1. The van der Waals surface area contributed by atoms with E-state index in [0.717, 1.165) is 12.1 Å². The van der Waals surface area contributed by atoms with Crippen LogP contribution in [0.2, 0.25) is 0 Å². The molecule has 0 saturated heterocycles. The van der Waals surface area contributed by atoms with Crippen molar-refractivity contribution in [2.45, 2.75) is 18.0 Å². The Kier molecular flexibility index (Phi) is 5.91. The first-order valence-corrected chi connectivity index (χ1v) is 8.49. The van der Waals surface area contributed by atoms with Crippen molar-refractivity contribution < 1.29 is 54.0 Å². The fraction of sp³-hybridized carbons (Fsp3) is 0.364. The van der Waals surface area contributed by atoms with Crippen LogP contribution in [0.25, 0.3) is 0 Å². The first-order valence-electron chi connectivity index (χ1n) is 5.81. The lowest BCUT2D eigenvalue weighted by atomic mass is 10.1. The van der Waals surface area contributed by atoms with E-state index in [0.29, 0.717) is 0 Å². The average molecular weight is 508 g/mol. The number of hydrogen-bond donors (Lipinski definition) is 2. The van der Waals surface area contributed by atoms with Crippen LogP contribution in [0, 0.1) is 3.57 Å². The van der Waals surface area contributed by atoms with Crippen LogP contribution in [-0.4, -0.2) is 47.8 Å². The van der Waals surface area contributed by atoms with E-state index in [4.69, 9.17) is 4.55 Å². The molecule has 0 aliphatic heterocycles. The predicted molar refractivity (Wildman–Crippen MR) is 77.5 cm³/mol. The number of alkyl halides is 6. The Bertz CT molecular complexity index is 758. The van der Waals surface area contributed by atoms with E-state index in [9.17, 15) is 44.7 Å². The molecular formula is C11H7F6IO6S. The third-order valence-corrected chi connectivity index (χ3v) is 4.19. The molecule has 0 amide bonds. The number of phenolic OH excluding ortho intramolecular Hbond substituents is 1. The molecule has 2 N–H and O–H groups in total. The number of benzene rings is 1. The van der Waals surface area contributed by atoms with Gasteiger partial charge in [-0.05, 0) is 40.8 Å². The standard InChI is InChI=1S/C11H7F6IO6S/c12-10(13,14)9(11(15,16)17,4-25(21,22)23)24-8(20)6-3-5(18)1-2-7(6)19/h1-3,19H,4H2,(H,21,22,23). The van der Waals surface area contributed by atoms with Crippen molar-refractivity contribution in [3.63, 3.8) is 0 Å². The number of halogens is 7. The molecular weight excluding hydrogens is 501 g/mol. The van der Waals surface area contributed by atoms with Crippen molar-refractivity contribution in [1.82, 2.24) is 0 Å². The van der Waals surface area contributed by atoms with Gasteiger partial charge in [0.1, 0.15) is 17.1 Å². The fourth-order valence-electron chi connectivity index (χ4n) is 1.61. The van der Waals surface area contributed by atoms with Gasteiger partial charge in [0.2, 0.25) is 0 Å². The summed E-state index contributed by atoms with van der Waals surface area (Å²) in [6.45, 7) is 0. The van der Waals surface area contributed by atoms with Crippen molar-refractivity contribution in [3.8, 4) is 5.75 Å². The van der Waals surface area contributed by atoms with Gasteiger partial charge in [-0.15, -0.1) is 0 Å². The van der Waals surface area contributed by atoms with Gasteiger partial charge in [-0.25, -0.2) is 4.79 Å². The lowest BCUT2D eigenvalue weighted by Crippen LogP contribution is -2.63. The molecule has 14 heteroatoms. The van der Waals surface area contributed by atoms with Gasteiger partial charge in [0, 0.05) is 3.57 Å². The minimum atomic E-state index is -6.44. The molecule has 1 aromatic rings. The van der Waals surface area contributed by atoms with E-state index in [1.807, 2.05) is 0 Å². The van der Waals surface area contributed by atoms with Crippen molar-refractivity contribution in [2.75, 3.05) is 5.75 Å². The Morgan fingerprint density at radius 3 is 2.00 bits per heavy atom. The zero-order valence-corrected chi connectivity index (χ0v) is 14.5. The van der Waals surface area contributed by atoms with Crippen LogP contribution in [0.3, 0.4) is 0 Å². The van der Waals surface area contributed by atoms with Crippen LogP contribution in [0.15, 0.2) is 18.2 Å². The summed E-state index contributed by atoms with van der Waals surface area (Å²) in [7, 11) is -5.88. The number of esters is 1. The van der Waals surface area contributed by atoms with E-state index >= 15 is 0 Å². The Morgan fingerprint density at radius 2 is 1.60 bits per heavy atom. The van der Waals surface area contributed by atoms with Crippen LogP contribution in [-0.2, 0) is 14.9 Å². The monoisotopic (exact) mass is 508 g/mol. The van der Waals surface area contributed by atoms with E-state index in [-0.39, 0.29) is 3.57 Å². The van der Waals surface area contributed by atoms with Crippen molar-refractivity contribution in [2.24, 2.45) is 0 Å². The number of ether oxygens (including phenoxy) is 1. The third-order valence-electron chi connectivity index (χ3n) is 2.75. The first-order chi connectivity index (χ1) is 11.0. The maximum absolute atomic E-state index is 13.0. The molecule has 0 heterocycles. The summed E-state index contributed by atoms with van der Waals surface area (Å²) >= 11 is 1.55. The molecule has 1 aromatic carbocycles. The highest BCUT2D eigenvalue weighted by Gasteiger charge is 2.76. The van der Waals surface area contributed by atoms with E-state index in [1.54, 1.807) is 22.6 Å². The third kappa shape index (κ3) is 4.87. The molecule has 0 aliphatic carbocycles. The molecule has 0 bridgehead atoms. The Labute approximate surface area is 149 Å². The number of phenols is 1. The molecule has 0 spiro atoms. The lowest BCUT2D eigenvalue weighted by Gasteiger charge is -2.35. The molecule has 0 fully saturated rings. The Balaban J connectivity index is 3.53. The molecule has 0 radical (unpaired) electrons. The van der Waals surface area contributed by atoms with Gasteiger partial charge in [0.15, 0.2) is 0 Å². The van der Waals surface area contributed by atoms with Crippen LogP contribution < -0.4 is 0 Å². The highest BCUT2D eigenvalue weighted by atomic mass is 127. The Morgan fingerprint density at radius 1 is 1.12 bits per heavy atom. The lowest BCUT2D eigenvalue weighted by molar-refractivity contribution is -0.356. The summed E-state index contributed by atoms with van der Waals surface area (Å²) in [5.74, 6) is -6.27. The molecule has 142 valence electrons. The summed E-state index contributed by atoms with van der Waals surface area (Å²) in [6.07, 6.45) is -12.9. The van der Waals surface area contributed by atoms with Gasteiger partial charge in [-0.2, -0.15) is 34.8 Å². The topological polar surface area (TPSA) is 101 Å². The van der Waals surface area contributed by atoms with Crippen LogP contribution in [0.4, 0.5) is 26.3 Å². The summed E-state index contributed by atoms with van der Waals surface area (Å²) in [5, 5.41) is 9.41. The van der Waals surface area contributed by atoms with Crippen molar-refractivity contribution in [3.05, 3.63) is 27.3 Å². The predicted octanol–water partition coefficient (Wildman–Crippen LogP) is 2.90. The first kappa shape index (κ1) is 21.8. The average Bonchev–Trinajstić information content (AvgIpc) is 2.36. The van der Waals surface area contributed by atoms with Gasteiger partial charge in [0.25, 0.3) is 10.1 Å². The van der Waals surface area contributed by atoms with Gasteiger partial charge < -0.3 is 9.84 Å². The summed E-state index contributed by atoms with van der Waals surface area (Å²) in [5.41, 5.74) is -6.58. The second-order valence-corrected chi connectivity index (χ2v) is 7.30. The van der Waals surface area contributed by atoms with Gasteiger partial charge in [-0.1, -0.05) is 0 Å². The number of aromatic hydroxyl groups is 1. The zero-order valence-electron chi connectivity index (χ0n) is 11.5. The van der Waals surface area contributed by atoms with Crippen molar-refractivity contribution in [1.29, 1.82) is 0 Å². The summed E-state index contributed by atoms with van der Waals surface area (Å²) in [6, 6.07) is 2.72. The quantitative estimate of drug-likeness (QED) is 0.281. The molecule has 0 atom stereocenters. The fourth-order valence-corrected chi connectivity index (χ4v) is 3.00. The maximum atomic E-state index is 13.0. The maximum Gasteiger partial charge on any atom is 0.438 e. The second kappa shape index (κ2) is 6.79. The normalized spacial score (nSPS) is 13.6. The van der Waals surface area contributed by atoms with Crippen molar-refractivity contribution >= 4 is 38.7 Å². The molecule has 0 aliphatic rings. The number of carbonyl (C=O) groups is 1. The largest absolute Gasteiger partial charge is 0.507 e. The molecule has 6 nitrogen and oxygen atoms in total. The molecule has 0 saturated carbocycles. The van der Waals surface area contributed by atoms with E-state index in [1.165, 1.54) is 6.07 Å². The van der Waals surface area contributed by atoms with Crippen LogP contribution >= 0.6 is 22.6 Å². The van der Waals surface area contributed by atoms with Gasteiger partial charge >= 0.3 is 23.9 Å². The van der Waals surface area contributed by atoms with Gasteiger partial charge in [-0.3, -0.25) is 4.55 Å². The van der Waals surface area contributed by atoms with E-state index < -0.39 is 51.1 Å². The van der Waals surface area contributed by atoms with Gasteiger partial charge in [0.05, 0.1) is 0 Å². The molecule has 1 rings (SSSR count). The number of hydrogen-bond acceptors (Lipinski definition) is 5. The highest BCUT2D eigenvalue weighted by molar-refractivity contribution is 14.1. The second-order valence-electron chi connectivity index (χ2n) is 4.60. The molecule has 0 unspecified atom stereocenters. The minimum Gasteiger partial charge on any atom is -0.507 e.